The van der Waals surface area contributed by atoms with Crippen LogP contribution in [0.3, 0.4) is 0 Å². The summed E-state index contributed by atoms with van der Waals surface area (Å²) in [4.78, 5) is 4.49. The maximum absolute atomic E-state index is 5.67. The van der Waals surface area contributed by atoms with Crippen molar-refractivity contribution in [2.45, 2.75) is 19.9 Å². The summed E-state index contributed by atoms with van der Waals surface area (Å²) in [5.74, 6) is 0.804. The lowest BCUT2D eigenvalue weighted by Crippen LogP contribution is -2.23. The Morgan fingerprint density at radius 2 is 2.12 bits per heavy atom. The maximum atomic E-state index is 5.67. The number of nitrogens with zero attached hydrogens (tertiary/aromatic N) is 1. The highest BCUT2D eigenvalue weighted by atomic mass is 16.5. The molecule has 84 valence electrons. The van der Waals surface area contributed by atoms with Gasteiger partial charge in [-0.3, -0.25) is 0 Å². The Morgan fingerprint density at radius 1 is 1.31 bits per heavy atom. The van der Waals surface area contributed by atoms with E-state index >= 15 is 0 Å². The molecule has 1 aromatic heterocycles. The third-order valence-corrected chi connectivity index (χ3v) is 2.32. The molecule has 1 heterocycles. The average Bonchev–Trinajstić information content (AvgIpc) is 2.26. The molecule has 0 unspecified atom stereocenters. The van der Waals surface area contributed by atoms with Gasteiger partial charge in [-0.1, -0.05) is 18.2 Å². The fraction of sp³-hybridized carbons (Fsp3) is 0.308. The largest absolute Gasteiger partial charge is 0.490 e. The van der Waals surface area contributed by atoms with Gasteiger partial charge in [0.25, 0.3) is 0 Å². The molecule has 2 N–H and O–H groups in total. The summed E-state index contributed by atoms with van der Waals surface area (Å²) >= 11 is 0. The Labute approximate surface area is 95.2 Å². The molecule has 0 radical (unpaired) electrons. The van der Waals surface area contributed by atoms with Crippen LogP contribution in [0.2, 0.25) is 0 Å². The monoisotopic (exact) mass is 216 g/mol. The van der Waals surface area contributed by atoms with Gasteiger partial charge in [0.15, 0.2) is 0 Å². The van der Waals surface area contributed by atoms with Crippen LogP contribution < -0.4 is 10.5 Å². The van der Waals surface area contributed by atoms with E-state index in [-0.39, 0.29) is 6.04 Å². The lowest BCUT2D eigenvalue weighted by Gasteiger charge is -2.10. The normalized spacial score (nSPS) is 12.7. The summed E-state index contributed by atoms with van der Waals surface area (Å²) in [7, 11) is 0. The number of benzene rings is 1. The van der Waals surface area contributed by atoms with Crippen molar-refractivity contribution in [1.29, 1.82) is 0 Å². The van der Waals surface area contributed by atoms with Gasteiger partial charge in [0, 0.05) is 17.1 Å². The first-order valence-electron chi connectivity index (χ1n) is 5.41. The van der Waals surface area contributed by atoms with E-state index in [1.807, 2.05) is 38.1 Å². The third kappa shape index (κ3) is 2.31. The number of pyridine rings is 1. The molecular formula is C13H16N2O. The van der Waals surface area contributed by atoms with E-state index in [0.717, 1.165) is 22.3 Å². The van der Waals surface area contributed by atoms with Gasteiger partial charge in [0.2, 0.25) is 0 Å². The van der Waals surface area contributed by atoms with Crippen molar-refractivity contribution in [2.24, 2.45) is 5.73 Å². The Bertz CT molecular complexity index is 494. The SMILES string of the molecule is Cc1ccc2cccc(OC[C@@H](C)N)c2n1. The first-order chi connectivity index (χ1) is 7.66. The molecule has 0 aliphatic carbocycles. The van der Waals surface area contributed by atoms with Gasteiger partial charge in [-0.05, 0) is 26.0 Å². The third-order valence-electron chi connectivity index (χ3n) is 2.32. The summed E-state index contributed by atoms with van der Waals surface area (Å²) in [6.07, 6.45) is 0. The predicted octanol–water partition coefficient (Wildman–Crippen LogP) is 2.27. The molecule has 2 aromatic rings. The second-order valence-electron chi connectivity index (χ2n) is 4.07. The van der Waals surface area contributed by atoms with Crippen molar-refractivity contribution in [1.82, 2.24) is 4.98 Å². The lowest BCUT2D eigenvalue weighted by atomic mass is 10.2. The molecule has 2 rings (SSSR count). The highest BCUT2D eigenvalue weighted by Gasteiger charge is 2.04. The standard InChI is InChI=1S/C13H16N2O/c1-9(14)8-16-12-5-3-4-11-7-6-10(2)15-13(11)12/h3-7,9H,8,14H2,1-2H3/t9-/m1/s1. The number of aromatic nitrogens is 1. The van der Waals surface area contributed by atoms with Crippen LogP contribution in [0.4, 0.5) is 0 Å². The van der Waals surface area contributed by atoms with Crippen LogP contribution in [0.15, 0.2) is 30.3 Å². The highest BCUT2D eigenvalue weighted by Crippen LogP contribution is 2.23. The van der Waals surface area contributed by atoms with E-state index in [0.29, 0.717) is 6.61 Å². The van der Waals surface area contributed by atoms with Crippen molar-refractivity contribution in [3.8, 4) is 5.75 Å². The summed E-state index contributed by atoms with van der Waals surface area (Å²) in [5, 5.41) is 1.09. The Hall–Kier alpha value is -1.61. The van der Waals surface area contributed by atoms with E-state index in [2.05, 4.69) is 11.1 Å². The molecule has 0 amide bonds. The zero-order valence-corrected chi connectivity index (χ0v) is 9.60. The predicted molar refractivity (Wildman–Crippen MR) is 65.6 cm³/mol. The number of aryl methyl sites for hydroxylation is 1. The van der Waals surface area contributed by atoms with Crippen molar-refractivity contribution >= 4 is 10.9 Å². The Morgan fingerprint density at radius 3 is 2.88 bits per heavy atom. The number of nitrogens with two attached hydrogens (primary N) is 1. The van der Waals surface area contributed by atoms with Gasteiger partial charge in [-0.2, -0.15) is 0 Å². The van der Waals surface area contributed by atoms with Crippen LogP contribution in [-0.4, -0.2) is 17.6 Å². The van der Waals surface area contributed by atoms with E-state index in [1.165, 1.54) is 0 Å². The van der Waals surface area contributed by atoms with E-state index in [1.54, 1.807) is 0 Å². The fourth-order valence-electron chi connectivity index (χ4n) is 1.56. The molecule has 0 spiro atoms. The van der Waals surface area contributed by atoms with Crippen molar-refractivity contribution in [3.05, 3.63) is 36.0 Å². The van der Waals surface area contributed by atoms with Crippen molar-refractivity contribution in [2.75, 3.05) is 6.61 Å². The van der Waals surface area contributed by atoms with Crippen LogP contribution in [-0.2, 0) is 0 Å². The van der Waals surface area contributed by atoms with Gasteiger partial charge in [-0.15, -0.1) is 0 Å². The molecule has 0 aliphatic heterocycles. The van der Waals surface area contributed by atoms with Crippen LogP contribution in [0.25, 0.3) is 10.9 Å². The zero-order chi connectivity index (χ0) is 11.5. The topological polar surface area (TPSA) is 48.1 Å². The van der Waals surface area contributed by atoms with Crippen LogP contribution in [0.5, 0.6) is 5.75 Å². The van der Waals surface area contributed by atoms with Gasteiger partial charge in [0.05, 0.1) is 0 Å². The van der Waals surface area contributed by atoms with Crippen LogP contribution in [0.1, 0.15) is 12.6 Å². The molecule has 0 aliphatic rings. The van der Waals surface area contributed by atoms with Gasteiger partial charge in [0.1, 0.15) is 17.9 Å². The molecule has 0 saturated carbocycles. The van der Waals surface area contributed by atoms with E-state index < -0.39 is 0 Å². The van der Waals surface area contributed by atoms with Gasteiger partial charge in [-0.25, -0.2) is 4.98 Å². The lowest BCUT2D eigenvalue weighted by molar-refractivity contribution is 0.299. The first-order valence-corrected chi connectivity index (χ1v) is 5.41. The number of para-hydroxylation sites is 1. The molecule has 3 nitrogen and oxygen atoms in total. The Balaban J connectivity index is 2.40. The minimum atomic E-state index is 0.0278. The number of hydrogen-bond acceptors (Lipinski definition) is 3. The van der Waals surface area contributed by atoms with Gasteiger partial charge < -0.3 is 10.5 Å². The van der Waals surface area contributed by atoms with Crippen LogP contribution in [0, 0.1) is 6.92 Å². The summed E-state index contributed by atoms with van der Waals surface area (Å²) in [5.41, 5.74) is 7.56. The van der Waals surface area contributed by atoms with E-state index in [4.69, 9.17) is 10.5 Å². The molecule has 0 bridgehead atoms. The smallest absolute Gasteiger partial charge is 0.145 e. The molecular weight excluding hydrogens is 200 g/mol. The number of rotatable bonds is 3. The van der Waals surface area contributed by atoms with Crippen LogP contribution >= 0.6 is 0 Å². The number of hydrogen-bond donors (Lipinski definition) is 1. The minimum Gasteiger partial charge on any atom is -0.490 e. The fourth-order valence-corrected chi connectivity index (χ4v) is 1.56. The minimum absolute atomic E-state index is 0.0278. The van der Waals surface area contributed by atoms with Gasteiger partial charge >= 0.3 is 0 Å². The quantitative estimate of drug-likeness (QED) is 0.856. The van der Waals surface area contributed by atoms with Crippen molar-refractivity contribution < 1.29 is 4.74 Å². The summed E-state index contributed by atoms with van der Waals surface area (Å²) < 4.78 is 5.65. The zero-order valence-electron chi connectivity index (χ0n) is 9.60. The maximum Gasteiger partial charge on any atom is 0.145 e. The molecule has 16 heavy (non-hydrogen) atoms. The molecule has 0 saturated heterocycles. The number of fused-ring (bicyclic) bond motifs is 1. The molecule has 3 heteroatoms. The summed E-state index contributed by atoms with van der Waals surface area (Å²) in [6.45, 7) is 4.40. The second-order valence-corrected chi connectivity index (χ2v) is 4.07. The molecule has 0 fully saturated rings. The average molecular weight is 216 g/mol. The van der Waals surface area contributed by atoms with E-state index in [9.17, 15) is 0 Å². The molecule has 1 aromatic carbocycles. The first kappa shape index (κ1) is 10.9. The Kier molecular flexibility index (Phi) is 3.06. The molecule has 1 atom stereocenters. The highest BCUT2D eigenvalue weighted by molar-refractivity contribution is 5.84. The second kappa shape index (κ2) is 4.49. The van der Waals surface area contributed by atoms with Crippen molar-refractivity contribution in [3.63, 3.8) is 0 Å². The summed E-state index contributed by atoms with van der Waals surface area (Å²) in [6, 6.07) is 10.0. The number of ether oxygens (including phenoxy) is 1.